The molecule has 1 heterocycles. The Morgan fingerprint density at radius 1 is 1.39 bits per heavy atom. The van der Waals surface area contributed by atoms with Gasteiger partial charge in [0.15, 0.2) is 5.82 Å². The first-order valence-corrected chi connectivity index (χ1v) is 7.01. The van der Waals surface area contributed by atoms with E-state index >= 15 is 0 Å². The van der Waals surface area contributed by atoms with Crippen LogP contribution in [0.3, 0.4) is 0 Å². The minimum absolute atomic E-state index is 0.0474. The van der Waals surface area contributed by atoms with Crippen molar-refractivity contribution < 1.29 is 14.1 Å². The van der Waals surface area contributed by atoms with Gasteiger partial charge in [-0.25, -0.2) is 0 Å². The SMILES string of the molecule is Cc1cccc(C(C(=O)NCc2noc(C(N)=O)n2)N(C)C)c1. The predicted octanol–water partition coefficient (Wildman–Crippen LogP) is 0.396. The summed E-state index contributed by atoms with van der Waals surface area (Å²) in [6.07, 6.45) is 0. The third-order valence-electron chi connectivity index (χ3n) is 3.22. The van der Waals surface area contributed by atoms with Gasteiger partial charge in [0.25, 0.3) is 0 Å². The lowest BCUT2D eigenvalue weighted by Gasteiger charge is -2.23. The van der Waals surface area contributed by atoms with Gasteiger partial charge in [0.05, 0.1) is 6.54 Å². The van der Waals surface area contributed by atoms with Crippen LogP contribution in [0, 0.1) is 6.92 Å². The highest BCUT2D eigenvalue weighted by Gasteiger charge is 2.23. The lowest BCUT2D eigenvalue weighted by atomic mass is 10.0. The van der Waals surface area contributed by atoms with Gasteiger partial charge in [-0.3, -0.25) is 14.5 Å². The molecule has 23 heavy (non-hydrogen) atoms. The first-order chi connectivity index (χ1) is 10.9. The number of amides is 2. The van der Waals surface area contributed by atoms with Gasteiger partial charge in [0.2, 0.25) is 5.91 Å². The van der Waals surface area contributed by atoms with Gasteiger partial charge in [0.1, 0.15) is 6.04 Å². The van der Waals surface area contributed by atoms with Crippen LogP contribution in [0.2, 0.25) is 0 Å². The van der Waals surface area contributed by atoms with E-state index < -0.39 is 11.9 Å². The predicted molar refractivity (Wildman–Crippen MR) is 82.3 cm³/mol. The number of nitrogens with two attached hydrogens (primary N) is 1. The van der Waals surface area contributed by atoms with Crippen LogP contribution in [0.1, 0.15) is 33.7 Å². The van der Waals surface area contributed by atoms with Crippen molar-refractivity contribution in [2.24, 2.45) is 5.73 Å². The number of nitrogens with zero attached hydrogens (tertiary/aromatic N) is 3. The molecule has 0 aliphatic rings. The van der Waals surface area contributed by atoms with Crippen LogP contribution < -0.4 is 11.1 Å². The Balaban J connectivity index is 2.08. The van der Waals surface area contributed by atoms with Crippen molar-refractivity contribution in [2.45, 2.75) is 19.5 Å². The Morgan fingerprint density at radius 3 is 2.70 bits per heavy atom. The third-order valence-corrected chi connectivity index (χ3v) is 3.22. The number of primary amides is 1. The summed E-state index contributed by atoms with van der Waals surface area (Å²) < 4.78 is 4.67. The molecule has 0 aliphatic heterocycles. The number of carbonyl (C=O) groups is 2. The normalized spacial score (nSPS) is 12.2. The summed E-state index contributed by atoms with van der Waals surface area (Å²) >= 11 is 0. The maximum atomic E-state index is 12.5. The van der Waals surface area contributed by atoms with Crippen LogP contribution in [0.5, 0.6) is 0 Å². The van der Waals surface area contributed by atoms with E-state index in [1.807, 2.05) is 50.2 Å². The molecule has 2 amide bonds. The van der Waals surface area contributed by atoms with Gasteiger partial charge in [-0.2, -0.15) is 4.98 Å². The molecular weight excluding hydrogens is 298 g/mol. The first-order valence-electron chi connectivity index (χ1n) is 7.01. The zero-order chi connectivity index (χ0) is 17.0. The minimum atomic E-state index is -0.805. The van der Waals surface area contributed by atoms with E-state index in [9.17, 15) is 9.59 Å². The topological polar surface area (TPSA) is 114 Å². The van der Waals surface area contributed by atoms with Crippen LogP contribution in [-0.4, -0.2) is 41.0 Å². The number of likely N-dealkylation sites (N-methyl/N-ethyl adjacent to an activating group) is 1. The second-order valence-corrected chi connectivity index (χ2v) is 5.38. The van der Waals surface area contributed by atoms with Crippen LogP contribution in [0.25, 0.3) is 0 Å². The fourth-order valence-corrected chi connectivity index (χ4v) is 2.21. The lowest BCUT2D eigenvalue weighted by Crippen LogP contribution is -2.37. The molecule has 8 heteroatoms. The smallest absolute Gasteiger partial charge is 0.315 e. The van der Waals surface area contributed by atoms with Crippen LogP contribution in [-0.2, 0) is 11.3 Å². The molecule has 8 nitrogen and oxygen atoms in total. The van der Waals surface area contributed by atoms with Crippen LogP contribution in [0.4, 0.5) is 0 Å². The third kappa shape index (κ3) is 4.13. The number of aromatic nitrogens is 2. The number of nitrogens with one attached hydrogen (secondary N) is 1. The van der Waals surface area contributed by atoms with Gasteiger partial charge in [-0.1, -0.05) is 35.0 Å². The average molecular weight is 317 g/mol. The number of aryl methyl sites for hydroxylation is 1. The summed E-state index contributed by atoms with van der Waals surface area (Å²) in [7, 11) is 3.65. The number of hydrogen-bond donors (Lipinski definition) is 2. The number of hydrogen-bond acceptors (Lipinski definition) is 6. The van der Waals surface area contributed by atoms with Crippen LogP contribution >= 0.6 is 0 Å². The fourth-order valence-electron chi connectivity index (χ4n) is 2.21. The zero-order valence-electron chi connectivity index (χ0n) is 13.2. The summed E-state index contributed by atoms with van der Waals surface area (Å²) in [5.41, 5.74) is 6.99. The molecule has 1 unspecified atom stereocenters. The van der Waals surface area contributed by atoms with E-state index in [0.717, 1.165) is 11.1 Å². The maximum absolute atomic E-state index is 12.5. The van der Waals surface area contributed by atoms with Crippen molar-refractivity contribution in [1.82, 2.24) is 20.4 Å². The summed E-state index contributed by atoms with van der Waals surface area (Å²) in [5.74, 6) is -1.10. The lowest BCUT2D eigenvalue weighted by molar-refractivity contribution is -0.126. The molecule has 1 aromatic heterocycles. The molecule has 0 fully saturated rings. The standard InChI is InChI=1S/C15H19N5O3/c1-9-5-4-6-10(7-9)12(20(2)3)14(22)17-8-11-18-15(13(16)21)23-19-11/h4-7,12H,8H2,1-3H3,(H2,16,21)(H,17,22). The number of benzene rings is 1. The summed E-state index contributed by atoms with van der Waals surface area (Å²) in [6.45, 7) is 2.02. The Morgan fingerprint density at radius 2 is 2.13 bits per heavy atom. The van der Waals surface area contributed by atoms with E-state index in [2.05, 4.69) is 20.0 Å². The monoisotopic (exact) mass is 317 g/mol. The van der Waals surface area contributed by atoms with Crippen molar-refractivity contribution in [3.05, 3.63) is 47.1 Å². The number of rotatable bonds is 6. The Bertz CT molecular complexity index is 711. The molecule has 0 radical (unpaired) electrons. The molecule has 1 atom stereocenters. The molecule has 0 aliphatic carbocycles. The van der Waals surface area contributed by atoms with E-state index in [1.165, 1.54) is 0 Å². The van der Waals surface area contributed by atoms with Gasteiger partial charge < -0.3 is 15.6 Å². The molecule has 3 N–H and O–H groups in total. The largest absolute Gasteiger partial charge is 0.361 e. The summed E-state index contributed by atoms with van der Waals surface area (Å²) in [5, 5.41) is 6.32. The Kier molecular flexibility index (Phi) is 5.07. The highest BCUT2D eigenvalue weighted by molar-refractivity contribution is 5.87. The average Bonchev–Trinajstić information content (AvgIpc) is 2.94. The molecule has 0 spiro atoms. The molecular formula is C15H19N5O3. The Hall–Kier alpha value is -2.74. The molecule has 0 saturated heterocycles. The van der Waals surface area contributed by atoms with Crippen molar-refractivity contribution >= 4 is 11.8 Å². The molecule has 1 aromatic carbocycles. The molecule has 122 valence electrons. The second kappa shape index (κ2) is 7.01. The molecule has 0 bridgehead atoms. The van der Waals surface area contributed by atoms with Gasteiger partial charge >= 0.3 is 11.8 Å². The van der Waals surface area contributed by atoms with Gasteiger partial charge in [0, 0.05) is 0 Å². The Labute approximate surface area is 133 Å². The van der Waals surface area contributed by atoms with E-state index in [4.69, 9.17) is 5.73 Å². The first kappa shape index (κ1) is 16.6. The highest BCUT2D eigenvalue weighted by atomic mass is 16.5. The summed E-state index contributed by atoms with van der Waals surface area (Å²) in [6, 6.07) is 7.30. The quantitative estimate of drug-likeness (QED) is 0.797. The molecule has 2 rings (SSSR count). The second-order valence-electron chi connectivity index (χ2n) is 5.38. The summed E-state index contributed by atoms with van der Waals surface area (Å²) in [4.78, 5) is 29.0. The van der Waals surface area contributed by atoms with Crippen molar-refractivity contribution in [1.29, 1.82) is 0 Å². The van der Waals surface area contributed by atoms with Crippen molar-refractivity contribution in [3.8, 4) is 0 Å². The zero-order valence-corrected chi connectivity index (χ0v) is 13.2. The van der Waals surface area contributed by atoms with E-state index in [-0.39, 0.29) is 24.2 Å². The van der Waals surface area contributed by atoms with Gasteiger partial charge in [-0.05, 0) is 26.6 Å². The maximum Gasteiger partial charge on any atom is 0.315 e. The van der Waals surface area contributed by atoms with Crippen LogP contribution in [0.15, 0.2) is 28.8 Å². The molecule has 0 saturated carbocycles. The number of carbonyl (C=O) groups excluding carboxylic acids is 2. The van der Waals surface area contributed by atoms with Crippen molar-refractivity contribution in [2.75, 3.05) is 14.1 Å². The van der Waals surface area contributed by atoms with E-state index in [1.54, 1.807) is 0 Å². The fraction of sp³-hybridized carbons (Fsp3) is 0.333. The molecule has 2 aromatic rings. The van der Waals surface area contributed by atoms with E-state index in [0.29, 0.717) is 0 Å². The highest BCUT2D eigenvalue weighted by Crippen LogP contribution is 2.19. The van der Waals surface area contributed by atoms with Gasteiger partial charge in [-0.15, -0.1) is 0 Å². The van der Waals surface area contributed by atoms with Crippen molar-refractivity contribution in [3.63, 3.8) is 0 Å². The minimum Gasteiger partial charge on any atom is -0.361 e.